The molecule has 0 radical (unpaired) electrons. The molecule has 0 aliphatic carbocycles. The van der Waals surface area contributed by atoms with Crippen LogP contribution in [-0.4, -0.2) is 68.6 Å². The fourth-order valence-electron chi connectivity index (χ4n) is 2.03. The second-order valence-electron chi connectivity index (χ2n) is 4.54. The first-order valence-electron chi connectivity index (χ1n) is 6.07. The molecule has 20 heavy (non-hydrogen) atoms. The second kappa shape index (κ2) is 8.88. The predicted molar refractivity (Wildman–Crippen MR) is 80.4 cm³/mol. The van der Waals surface area contributed by atoms with Crippen LogP contribution < -0.4 is 5.32 Å². The highest BCUT2D eigenvalue weighted by molar-refractivity contribution is 14.0. The monoisotopic (exact) mass is 411 g/mol. The summed E-state index contributed by atoms with van der Waals surface area (Å²) in [6.45, 7) is 1.44. The van der Waals surface area contributed by atoms with Crippen LogP contribution in [0.4, 0.5) is 13.2 Å². The first kappa shape index (κ1) is 19.7. The zero-order chi connectivity index (χ0) is 14.5. The van der Waals surface area contributed by atoms with Crippen LogP contribution in [0.3, 0.4) is 0 Å². The normalized spacial score (nSPS) is 21.6. The topological polar surface area (TPSA) is 57.1 Å². The van der Waals surface area contributed by atoms with E-state index in [-0.39, 0.29) is 24.0 Å². The Kier molecular flexibility index (Phi) is 8.75. The first-order chi connectivity index (χ1) is 8.88. The van der Waals surface area contributed by atoms with Crippen molar-refractivity contribution >= 4 is 29.9 Å². The molecule has 1 aliphatic rings. The lowest BCUT2D eigenvalue weighted by atomic mass is 10.1. The first-order valence-corrected chi connectivity index (χ1v) is 6.07. The number of aliphatic hydroxyl groups excluding tert-OH is 1. The maximum absolute atomic E-state index is 12.2. The minimum atomic E-state index is -4.62. The Hall–Kier alpha value is -0.290. The van der Waals surface area contributed by atoms with E-state index in [2.05, 4.69) is 10.3 Å². The molecule has 0 aromatic carbocycles. The van der Waals surface area contributed by atoms with Gasteiger partial charge in [-0.1, -0.05) is 0 Å². The minimum Gasteiger partial charge on any atom is -0.384 e. The average Bonchev–Trinajstić information content (AvgIpc) is 2.77. The van der Waals surface area contributed by atoms with Crippen molar-refractivity contribution in [2.24, 2.45) is 10.9 Å². The number of aliphatic hydroxyl groups is 1. The van der Waals surface area contributed by atoms with E-state index in [9.17, 15) is 13.2 Å². The zero-order valence-corrected chi connectivity index (χ0v) is 13.8. The molecule has 0 aromatic heterocycles. The van der Waals surface area contributed by atoms with Crippen molar-refractivity contribution in [3.63, 3.8) is 0 Å². The largest absolute Gasteiger partial charge is 0.416 e. The van der Waals surface area contributed by atoms with Crippen molar-refractivity contribution in [1.29, 1.82) is 0 Å². The zero-order valence-electron chi connectivity index (χ0n) is 11.5. The molecule has 2 unspecified atom stereocenters. The van der Waals surface area contributed by atoms with Crippen molar-refractivity contribution in [1.82, 2.24) is 10.2 Å². The van der Waals surface area contributed by atoms with E-state index >= 15 is 0 Å². The third-order valence-corrected chi connectivity index (χ3v) is 3.03. The molecule has 120 valence electrons. The van der Waals surface area contributed by atoms with Gasteiger partial charge in [0.1, 0.15) is 0 Å². The highest BCUT2D eigenvalue weighted by atomic mass is 127. The van der Waals surface area contributed by atoms with Gasteiger partial charge in [0.2, 0.25) is 0 Å². The molecule has 0 saturated carbocycles. The van der Waals surface area contributed by atoms with Crippen molar-refractivity contribution in [3.05, 3.63) is 0 Å². The van der Waals surface area contributed by atoms with Gasteiger partial charge in [-0.2, -0.15) is 13.2 Å². The third-order valence-electron chi connectivity index (χ3n) is 3.03. The summed E-state index contributed by atoms with van der Waals surface area (Å²) >= 11 is 0. The van der Waals surface area contributed by atoms with Crippen LogP contribution in [0.1, 0.15) is 6.42 Å². The lowest BCUT2D eigenvalue weighted by Crippen LogP contribution is -2.46. The number of hydrogen-bond acceptors (Lipinski definition) is 3. The molecule has 0 bridgehead atoms. The van der Waals surface area contributed by atoms with Crippen molar-refractivity contribution < 1.29 is 23.0 Å². The van der Waals surface area contributed by atoms with Gasteiger partial charge in [-0.15, -0.1) is 24.0 Å². The number of ether oxygens (including phenoxy) is 1. The van der Waals surface area contributed by atoms with E-state index in [0.717, 1.165) is 13.0 Å². The Labute approximate surface area is 133 Å². The third kappa shape index (κ3) is 6.00. The predicted octanol–water partition coefficient (Wildman–Crippen LogP) is 1.07. The molecule has 1 saturated heterocycles. The van der Waals surface area contributed by atoms with E-state index in [1.165, 1.54) is 7.05 Å². The van der Waals surface area contributed by atoms with Gasteiger partial charge >= 0.3 is 6.18 Å². The highest BCUT2D eigenvalue weighted by Gasteiger charge is 2.38. The van der Waals surface area contributed by atoms with E-state index in [1.54, 1.807) is 7.11 Å². The maximum atomic E-state index is 12.2. The Balaban J connectivity index is 0.00000361. The van der Waals surface area contributed by atoms with Gasteiger partial charge in [-0.25, -0.2) is 0 Å². The van der Waals surface area contributed by atoms with Crippen LogP contribution in [0.5, 0.6) is 0 Å². The summed E-state index contributed by atoms with van der Waals surface area (Å²) in [6.07, 6.45) is -6.09. The molecule has 1 rings (SSSR count). The van der Waals surface area contributed by atoms with Crippen LogP contribution in [0.15, 0.2) is 4.99 Å². The molecular formula is C11H21F3IN3O2. The van der Waals surface area contributed by atoms with Gasteiger partial charge in [-0.05, 0) is 6.42 Å². The van der Waals surface area contributed by atoms with Crippen LogP contribution in [-0.2, 0) is 4.74 Å². The molecule has 0 amide bonds. The van der Waals surface area contributed by atoms with Gasteiger partial charge in [0, 0.05) is 33.2 Å². The number of halogens is 4. The van der Waals surface area contributed by atoms with Crippen LogP contribution in [0, 0.1) is 5.92 Å². The van der Waals surface area contributed by atoms with E-state index in [4.69, 9.17) is 9.84 Å². The van der Waals surface area contributed by atoms with E-state index in [0.29, 0.717) is 25.0 Å². The maximum Gasteiger partial charge on any atom is 0.416 e. The number of guanidine groups is 1. The van der Waals surface area contributed by atoms with Gasteiger partial charge in [0.05, 0.1) is 13.2 Å². The molecule has 1 heterocycles. The van der Waals surface area contributed by atoms with E-state index in [1.807, 2.05) is 4.90 Å². The molecule has 5 nitrogen and oxygen atoms in total. The van der Waals surface area contributed by atoms with Gasteiger partial charge < -0.3 is 20.1 Å². The number of likely N-dealkylation sites (tertiary alicyclic amines) is 1. The van der Waals surface area contributed by atoms with Crippen molar-refractivity contribution in [3.8, 4) is 0 Å². The molecule has 0 spiro atoms. The van der Waals surface area contributed by atoms with Gasteiger partial charge in [0.25, 0.3) is 0 Å². The number of alkyl halides is 3. The van der Waals surface area contributed by atoms with Gasteiger partial charge in [0.15, 0.2) is 12.1 Å². The molecule has 2 atom stereocenters. The summed E-state index contributed by atoms with van der Waals surface area (Å²) in [5, 5.41) is 11.5. The average molecular weight is 411 g/mol. The smallest absolute Gasteiger partial charge is 0.384 e. The Bertz CT molecular complexity index is 316. The molecule has 0 aromatic rings. The van der Waals surface area contributed by atoms with Crippen molar-refractivity contribution in [2.75, 3.05) is 40.4 Å². The summed E-state index contributed by atoms with van der Waals surface area (Å²) in [5.74, 6) is 0.734. The number of rotatable bonds is 4. The summed E-state index contributed by atoms with van der Waals surface area (Å²) in [5.41, 5.74) is 0. The number of hydrogen-bond donors (Lipinski definition) is 2. The molecule has 1 aliphatic heterocycles. The lowest BCUT2D eigenvalue weighted by molar-refractivity contribution is -0.201. The quantitative estimate of drug-likeness (QED) is 0.413. The highest BCUT2D eigenvalue weighted by Crippen LogP contribution is 2.20. The van der Waals surface area contributed by atoms with Gasteiger partial charge in [-0.3, -0.25) is 4.99 Å². The fraction of sp³-hybridized carbons (Fsp3) is 0.909. The Morgan fingerprint density at radius 3 is 2.70 bits per heavy atom. The number of aliphatic imine (C=N–C) groups is 1. The van der Waals surface area contributed by atoms with Crippen molar-refractivity contribution in [2.45, 2.75) is 18.7 Å². The van der Waals surface area contributed by atoms with Crippen LogP contribution >= 0.6 is 24.0 Å². The second-order valence-corrected chi connectivity index (χ2v) is 4.54. The number of nitrogens with one attached hydrogen (secondary N) is 1. The van der Waals surface area contributed by atoms with Crippen LogP contribution in [0.25, 0.3) is 0 Å². The summed E-state index contributed by atoms with van der Waals surface area (Å²) in [4.78, 5) is 5.80. The lowest BCUT2D eigenvalue weighted by Gasteiger charge is -2.23. The Morgan fingerprint density at radius 1 is 1.55 bits per heavy atom. The van der Waals surface area contributed by atoms with E-state index < -0.39 is 18.8 Å². The standard InChI is InChI=1S/C11H20F3N3O2.HI/c1-15-10(16-5-9(18)11(12,13)14)17-4-3-8(6-17)7-19-2;/h8-9,18H,3-7H2,1-2H3,(H,15,16);1H. The number of methoxy groups -OCH3 is 1. The minimum absolute atomic E-state index is 0. The summed E-state index contributed by atoms with van der Waals surface area (Å²) in [6, 6.07) is 0. The SMILES string of the molecule is CN=C(NCC(O)C(F)(F)F)N1CCC(COC)C1.I. The molecule has 9 heteroatoms. The fourth-order valence-corrected chi connectivity index (χ4v) is 2.03. The van der Waals surface area contributed by atoms with Crippen LogP contribution in [0.2, 0.25) is 0 Å². The number of nitrogens with zero attached hydrogens (tertiary/aromatic N) is 2. The molecule has 1 fully saturated rings. The summed E-state index contributed by atoms with van der Waals surface area (Å²) in [7, 11) is 3.13. The molecular weight excluding hydrogens is 390 g/mol. The summed E-state index contributed by atoms with van der Waals surface area (Å²) < 4.78 is 41.6. The Morgan fingerprint density at radius 2 is 2.20 bits per heavy atom. The molecule has 2 N–H and O–H groups in total.